The Bertz CT molecular complexity index is 240. The lowest BCUT2D eigenvalue weighted by Gasteiger charge is -2.14. The second kappa shape index (κ2) is 2.53. The maximum atomic E-state index is 11.2. The van der Waals surface area contributed by atoms with E-state index in [0.29, 0.717) is 0 Å². The molecule has 11 heavy (non-hydrogen) atoms. The number of nitrogens with zero attached hydrogens (tertiary/aromatic N) is 1. The first-order chi connectivity index (χ1) is 5.38. The molecule has 0 unspecified atom stereocenters. The Labute approximate surface area is 66.2 Å². The third kappa shape index (κ3) is 1.09. The van der Waals surface area contributed by atoms with Gasteiger partial charge in [0, 0.05) is 18.3 Å². The average molecular weight is 149 g/mol. The summed E-state index contributed by atoms with van der Waals surface area (Å²) in [6, 6.07) is 0. The minimum Gasteiger partial charge on any atom is -0.309 e. The van der Waals surface area contributed by atoms with Crippen molar-refractivity contribution in [1.82, 2.24) is 4.90 Å². The molecule has 0 aromatic rings. The number of allylic oxidation sites excluding steroid dienone is 2. The van der Waals surface area contributed by atoms with Gasteiger partial charge in [0.15, 0.2) is 0 Å². The topological polar surface area (TPSA) is 20.3 Å². The van der Waals surface area contributed by atoms with Crippen molar-refractivity contribution in [2.45, 2.75) is 19.3 Å². The van der Waals surface area contributed by atoms with E-state index in [2.05, 4.69) is 6.08 Å². The van der Waals surface area contributed by atoms with Crippen LogP contribution < -0.4 is 0 Å². The van der Waals surface area contributed by atoms with Gasteiger partial charge in [-0.2, -0.15) is 0 Å². The highest BCUT2D eigenvalue weighted by atomic mass is 16.2. The van der Waals surface area contributed by atoms with Crippen LogP contribution in [0, 0.1) is 0 Å². The summed E-state index contributed by atoms with van der Waals surface area (Å²) >= 11 is 0. The lowest BCUT2D eigenvalue weighted by Crippen LogP contribution is -2.23. The van der Waals surface area contributed by atoms with Crippen molar-refractivity contribution in [3.8, 4) is 0 Å². The van der Waals surface area contributed by atoms with E-state index in [1.165, 1.54) is 6.42 Å². The molecule has 0 saturated heterocycles. The Balaban J connectivity index is 2.26. The van der Waals surface area contributed by atoms with Crippen molar-refractivity contribution >= 4 is 5.91 Å². The standard InChI is InChI=1S/C9H11NO/c11-9-6-5-8-4-2-1-3-7-10(8)9/h4-6H,1-3,7H2. The van der Waals surface area contributed by atoms with Crippen LogP contribution in [0.25, 0.3) is 0 Å². The number of hydrogen-bond acceptors (Lipinski definition) is 1. The largest absolute Gasteiger partial charge is 0.309 e. The quantitative estimate of drug-likeness (QED) is 0.510. The maximum Gasteiger partial charge on any atom is 0.251 e. The molecule has 0 atom stereocenters. The Morgan fingerprint density at radius 2 is 2.18 bits per heavy atom. The molecule has 0 fully saturated rings. The summed E-state index contributed by atoms with van der Waals surface area (Å²) in [7, 11) is 0. The zero-order valence-corrected chi connectivity index (χ0v) is 6.42. The highest BCUT2D eigenvalue weighted by Crippen LogP contribution is 2.20. The van der Waals surface area contributed by atoms with E-state index in [1.54, 1.807) is 6.08 Å². The monoisotopic (exact) mass is 149 g/mol. The zero-order valence-electron chi connectivity index (χ0n) is 6.42. The molecule has 58 valence electrons. The number of hydrogen-bond donors (Lipinski definition) is 0. The number of carbonyl (C=O) groups is 1. The lowest BCUT2D eigenvalue weighted by atomic mass is 10.2. The van der Waals surface area contributed by atoms with Crippen LogP contribution in [0.4, 0.5) is 0 Å². The molecule has 0 aliphatic carbocycles. The van der Waals surface area contributed by atoms with Crippen molar-refractivity contribution < 1.29 is 4.79 Å². The van der Waals surface area contributed by atoms with Crippen LogP contribution >= 0.6 is 0 Å². The molecule has 2 heterocycles. The molecular formula is C9H11NO. The summed E-state index contributed by atoms with van der Waals surface area (Å²) < 4.78 is 0. The highest BCUT2D eigenvalue weighted by Gasteiger charge is 2.20. The van der Waals surface area contributed by atoms with Gasteiger partial charge in [-0.25, -0.2) is 0 Å². The summed E-state index contributed by atoms with van der Waals surface area (Å²) in [4.78, 5) is 13.0. The second-order valence-electron chi connectivity index (χ2n) is 2.95. The average Bonchev–Trinajstić information content (AvgIpc) is 2.25. The molecule has 0 aromatic carbocycles. The minimum atomic E-state index is 0.151. The van der Waals surface area contributed by atoms with Gasteiger partial charge in [-0.05, 0) is 25.3 Å². The van der Waals surface area contributed by atoms with Gasteiger partial charge in [0.1, 0.15) is 0 Å². The zero-order chi connectivity index (χ0) is 7.68. The van der Waals surface area contributed by atoms with Gasteiger partial charge in [-0.15, -0.1) is 0 Å². The first-order valence-electron chi connectivity index (χ1n) is 4.08. The van der Waals surface area contributed by atoms with Gasteiger partial charge in [0.25, 0.3) is 5.91 Å². The van der Waals surface area contributed by atoms with E-state index in [1.807, 2.05) is 11.0 Å². The number of fused-ring (bicyclic) bond motifs is 1. The van der Waals surface area contributed by atoms with E-state index in [9.17, 15) is 4.79 Å². The molecule has 2 heteroatoms. The van der Waals surface area contributed by atoms with Crippen LogP contribution in [-0.4, -0.2) is 17.4 Å². The highest BCUT2D eigenvalue weighted by molar-refractivity contribution is 5.93. The normalized spacial score (nSPS) is 23.1. The molecule has 2 aliphatic heterocycles. The SMILES string of the molecule is O=C1C=CC2=CCCCCN12. The predicted molar refractivity (Wildman–Crippen MR) is 42.8 cm³/mol. The fraction of sp³-hybridized carbons (Fsp3) is 0.444. The van der Waals surface area contributed by atoms with Gasteiger partial charge in [0.2, 0.25) is 0 Å². The van der Waals surface area contributed by atoms with Crippen LogP contribution in [0.5, 0.6) is 0 Å². The third-order valence-electron chi connectivity index (χ3n) is 2.16. The molecule has 1 amide bonds. The molecule has 0 radical (unpaired) electrons. The lowest BCUT2D eigenvalue weighted by molar-refractivity contribution is -0.123. The smallest absolute Gasteiger partial charge is 0.251 e. The number of carbonyl (C=O) groups excluding carboxylic acids is 1. The van der Waals surface area contributed by atoms with Crippen molar-refractivity contribution in [1.29, 1.82) is 0 Å². The first-order valence-corrected chi connectivity index (χ1v) is 4.08. The van der Waals surface area contributed by atoms with Gasteiger partial charge in [0.05, 0.1) is 0 Å². The Morgan fingerprint density at radius 3 is 3.09 bits per heavy atom. The molecule has 2 nitrogen and oxygen atoms in total. The molecule has 0 aromatic heterocycles. The van der Waals surface area contributed by atoms with Gasteiger partial charge < -0.3 is 4.90 Å². The maximum absolute atomic E-state index is 11.2. The molecule has 0 bridgehead atoms. The fourth-order valence-corrected chi connectivity index (χ4v) is 1.55. The molecule has 2 aliphatic rings. The number of amides is 1. The van der Waals surface area contributed by atoms with Gasteiger partial charge >= 0.3 is 0 Å². The van der Waals surface area contributed by atoms with Crippen LogP contribution in [0.2, 0.25) is 0 Å². The van der Waals surface area contributed by atoms with Crippen LogP contribution in [0.15, 0.2) is 23.9 Å². The molecule has 0 saturated carbocycles. The molecule has 2 rings (SSSR count). The summed E-state index contributed by atoms with van der Waals surface area (Å²) in [6.45, 7) is 0.900. The van der Waals surface area contributed by atoms with E-state index >= 15 is 0 Å². The van der Waals surface area contributed by atoms with Crippen molar-refractivity contribution in [3.05, 3.63) is 23.9 Å². The number of rotatable bonds is 0. The van der Waals surface area contributed by atoms with E-state index < -0.39 is 0 Å². The molecule has 0 spiro atoms. The van der Waals surface area contributed by atoms with Crippen molar-refractivity contribution in [3.63, 3.8) is 0 Å². The predicted octanol–water partition coefficient (Wildman–Crippen LogP) is 1.45. The Kier molecular flexibility index (Phi) is 1.53. The fourth-order valence-electron chi connectivity index (χ4n) is 1.55. The summed E-state index contributed by atoms with van der Waals surface area (Å²) in [5, 5.41) is 0. The van der Waals surface area contributed by atoms with E-state index in [-0.39, 0.29) is 5.91 Å². The first kappa shape index (κ1) is 6.65. The Hall–Kier alpha value is -1.05. The van der Waals surface area contributed by atoms with Crippen molar-refractivity contribution in [2.75, 3.05) is 6.54 Å². The molecule has 0 N–H and O–H groups in total. The summed E-state index contributed by atoms with van der Waals surface area (Å²) in [6.07, 6.45) is 9.16. The summed E-state index contributed by atoms with van der Waals surface area (Å²) in [5.74, 6) is 0.151. The van der Waals surface area contributed by atoms with Crippen LogP contribution in [-0.2, 0) is 4.79 Å². The summed E-state index contributed by atoms with van der Waals surface area (Å²) in [5.41, 5.74) is 1.10. The van der Waals surface area contributed by atoms with Crippen LogP contribution in [0.3, 0.4) is 0 Å². The second-order valence-corrected chi connectivity index (χ2v) is 2.95. The minimum absolute atomic E-state index is 0.151. The van der Waals surface area contributed by atoms with E-state index in [0.717, 1.165) is 25.1 Å². The Morgan fingerprint density at radius 1 is 1.27 bits per heavy atom. The molecular weight excluding hydrogens is 138 g/mol. The van der Waals surface area contributed by atoms with Crippen LogP contribution in [0.1, 0.15) is 19.3 Å². The van der Waals surface area contributed by atoms with Gasteiger partial charge in [-0.1, -0.05) is 6.08 Å². The van der Waals surface area contributed by atoms with Gasteiger partial charge in [-0.3, -0.25) is 4.79 Å². The van der Waals surface area contributed by atoms with E-state index in [4.69, 9.17) is 0 Å². The third-order valence-corrected chi connectivity index (χ3v) is 2.16. The van der Waals surface area contributed by atoms with Crippen molar-refractivity contribution in [2.24, 2.45) is 0 Å².